The zero-order valence-electron chi connectivity index (χ0n) is 11.3. The first-order valence-electron chi connectivity index (χ1n) is 6.26. The Morgan fingerprint density at radius 3 is 1.90 bits per heavy atom. The van der Waals surface area contributed by atoms with Gasteiger partial charge in [-0.25, -0.2) is 13.2 Å². The average Bonchev–Trinajstić information content (AvgIpc) is 2.33. The molecule has 0 saturated heterocycles. The highest BCUT2D eigenvalue weighted by molar-refractivity contribution is 5.30. The molecule has 0 fully saturated rings. The summed E-state index contributed by atoms with van der Waals surface area (Å²) in [6.45, 7) is 3.86. The highest BCUT2D eigenvalue weighted by Gasteiger charge is 2.16. The Balaban J connectivity index is 2.25. The lowest BCUT2D eigenvalue weighted by molar-refractivity contribution is 0.177. The minimum atomic E-state index is -1.52. The number of hydrogen-bond acceptors (Lipinski definition) is 1. The Bertz CT molecular complexity index is 594. The van der Waals surface area contributed by atoms with Gasteiger partial charge in [-0.2, -0.15) is 0 Å². The van der Waals surface area contributed by atoms with E-state index in [4.69, 9.17) is 0 Å². The molecule has 0 aliphatic carbocycles. The van der Waals surface area contributed by atoms with Crippen molar-refractivity contribution < 1.29 is 18.3 Å². The first-order chi connectivity index (χ1) is 9.36. The van der Waals surface area contributed by atoms with Crippen molar-refractivity contribution in [3.8, 4) is 0 Å². The van der Waals surface area contributed by atoms with E-state index < -0.39 is 23.6 Å². The van der Waals surface area contributed by atoms with Gasteiger partial charge in [-0.05, 0) is 37.1 Å². The van der Waals surface area contributed by atoms with Gasteiger partial charge in [0.25, 0.3) is 0 Å². The van der Waals surface area contributed by atoms with Crippen molar-refractivity contribution in [3.05, 3.63) is 70.0 Å². The zero-order chi connectivity index (χ0) is 14.9. The van der Waals surface area contributed by atoms with Gasteiger partial charge in [0, 0.05) is 6.42 Å². The summed E-state index contributed by atoms with van der Waals surface area (Å²) in [7, 11) is 0. The van der Waals surface area contributed by atoms with Crippen LogP contribution < -0.4 is 0 Å². The van der Waals surface area contributed by atoms with E-state index in [2.05, 4.69) is 0 Å². The Morgan fingerprint density at radius 1 is 0.900 bits per heavy atom. The monoisotopic (exact) mass is 280 g/mol. The van der Waals surface area contributed by atoms with E-state index in [-0.39, 0.29) is 12.0 Å². The Morgan fingerprint density at radius 2 is 1.40 bits per heavy atom. The molecule has 0 spiro atoms. The summed E-state index contributed by atoms with van der Waals surface area (Å²) in [6, 6.07) is 7.43. The molecule has 2 aromatic carbocycles. The number of aliphatic hydroxyl groups is 1. The Hall–Kier alpha value is -1.81. The van der Waals surface area contributed by atoms with Crippen molar-refractivity contribution in [3.63, 3.8) is 0 Å². The lowest BCUT2D eigenvalue weighted by Gasteiger charge is -2.13. The molecule has 20 heavy (non-hydrogen) atoms. The van der Waals surface area contributed by atoms with Crippen LogP contribution in [0.4, 0.5) is 13.2 Å². The molecule has 2 aromatic rings. The van der Waals surface area contributed by atoms with Gasteiger partial charge in [0.1, 0.15) is 0 Å². The van der Waals surface area contributed by atoms with Crippen molar-refractivity contribution in [2.75, 3.05) is 0 Å². The Kier molecular flexibility index (Phi) is 4.14. The molecule has 0 saturated carbocycles. The second-order valence-electron chi connectivity index (χ2n) is 5.01. The predicted octanol–water partition coefficient (Wildman–Crippen LogP) is 4.00. The van der Waals surface area contributed by atoms with Crippen LogP contribution in [-0.4, -0.2) is 5.11 Å². The molecule has 0 aliphatic rings. The summed E-state index contributed by atoms with van der Waals surface area (Å²) in [5.41, 5.74) is 2.98. The maximum atomic E-state index is 13.1. The van der Waals surface area contributed by atoms with E-state index in [0.29, 0.717) is 0 Å². The first-order valence-corrected chi connectivity index (χ1v) is 6.26. The number of aryl methyl sites for hydroxylation is 2. The smallest absolute Gasteiger partial charge is 0.194 e. The summed E-state index contributed by atoms with van der Waals surface area (Å²) in [4.78, 5) is 0. The van der Waals surface area contributed by atoms with Crippen molar-refractivity contribution in [2.45, 2.75) is 26.4 Å². The van der Waals surface area contributed by atoms with Crippen LogP contribution in [0.3, 0.4) is 0 Å². The number of benzene rings is 2. The van der Waals surface area contributed by atoms with E-state index in [1.54, 1.807) is 0 Å². The lowest BCUT2D eigenvalue weighted by Crippen LogP contribution is -2.05. The largest absolute Gasteiger partial charge is 0.388 e. The van der Waals surface area contributed by atoms with Crippen molar-refractivity contribution in [2.24, 2.45) is 0 Å². The molecule has 1 nitrogen and oxygen atoms in total. The molecule has 0 aliphatic heterocycles. The van der Waals surface area contributed by atoms with Crippen molar-refractivity contribution in [1.29, 1.82) is 0 Å². The molecule has 2 rings (SSSR count). The lowest BCUT2D eigenvalue weighted by atomic mass is 9.98. The minimum absolute atomic E-state index is 0.0283. The van der Waals surface area contributed by atoms with E-state index in [0.717, 1.165) is 28.8 Å². The van der Waals surface area contributed by atoms with Gasteiger partial charge in [0.05, 0.1) is 6.10 Å². The fourth-order valence-corrected chi connectivity index (χ4v) is 2.30. The molecule has 0 heterocycles. The molecule has 0 radical (unpaired) electrons. The van der Waals surface area contributed by atoms with Crippen LogP contribution in [0.25, 0.3) is 0 Å². The maximum Gasteiger partial charge on any atom is 0.194 e. The summed E-state index contributed by atoms with van der Waals surface area (Å²) in [6.07, 6.45) is -0.867. The third kappa shape index (κ3) is 3.20. The molecule has 106 valence electrons. The standard InChI is InChI=1S/C16H15F3O/c1-9-3-10(2)5-11(4-9)6-15(20)12-7-13(17)16(19)14(18)8-12/h3-5,7-8,15,20H,6H2,1-2H3. The van der Waals surface area contributed by atoms with Crippen LogP contribution in [0.1, 0.15) is 28.4 Å². The second-order valence-corrected chi connectivity index (χ2v) is 5.01. The topological polar surface area (TPSA) is 20.2 Å². The maximum absolute atomic E-state index is 13.1. The van der Waals surface area contributed by atoms with Crippen LogP contribution in [-0.2, 0) is 6.42 Å². The second kappa shape index (κ2) is 5.67. The third-order valence-electron chi connectivity index (χ3n) is 3.10. The predicted molar refractivity (Wildman–Crippen MR) is 70.9 cm³/mol. The number of hydrogen-bond donors (Lipinski definition) is 1. The van der Waals surface area contributed by atoms with Crippen LogP contribution >= 0.6 is 0 Å². The van der Waals surface area contributed by atoms with E-state index in [1.807, 2.05) is 32.0 Å². The van der Waals surface area contributed by atoms with Crippen molar-refractivity contribution in [1.82, 2.24) is 0 Å². The van der Waals surface area contributed by atoms with Gasteiger partial charge in [-0.3, -0.25) is 0 Å². The molecule has 1 unspecified atom stereocenters. The van der Waals surface area contributed by atoms with Crippen LogP contribution in [0, 0.1) is 31.3 Å². The molecule has 1 atom stereocenters. The molecule has 1 N–H and O–H groups in total. The molecule has 0 amide bonds. The van der Waals surface area contributed by atoms with E-state index >= 15 is 0 Å². The normalized spacial score (nSPS) is 12.5. The molecular weight excluding hydrogens is 265 g/mol. The molecule has 0 aromatic heterocycles. The summed E-state index contributed by atoms with van der Waals surface area (Å²) in [5, 5.41) is 10.0. The molecule has 0 bridgehead atoms. The summed E-state index contributed by atoms with van der Waals surface area (Å²) in [5.74, 6) is -4.11. The van der Waals surface area contributed by atoms with Crippen LogP contribution in [0.2, 0.25) is 0 Å². The summed E-state index contributed by atoms with van der Waals surface area (Å²) < 4.78 is 39.2. The van der Waals surface area contributed by atoms with Crippen LogP contribution in [0.15, 0.2) is 30.3 Å². The fourth-order valence-electron chi connectivity index (χ4n) is 2.30. The van der Waals surface area contributed by atoms with E-state index in [1.165, 1.54) is 0 Å². The molecule has 4 heteroatoms. The highest BCUT2D eigenvalue weighted by Crippen LogP contribution is 2.23. The Labute approximate surface area is 115 Å². The van der Waals surface area contributed by atoms with Gasteiger partial charge in [-0.1, -0.05) is 29.3 Å². The fraction of sp³-hybridized carbons (Fsp3) is 0.250. The number of halogens is 3. The van der Waals surface area contributed by atoms with Gasteiger partial charge in [0.2, 0.25) is 0 Å². The first kappa shape index (κ1) is 14.6. The quantitative estimate of drug-likeness (QED) is 0.843. The van der Waals surface area contributed by atoms with E-state index in [9.17, 15) is 18.3 Å². The van der Waals surface area contributed by atoms with Gasteiger partial charge in [0.15, 0.2) is 17.5 Å². The zero-order valence-corrected chi connectivity index (χ0v) is 11.3. The molecular formula is C16H15F3O. The van der Waals surface area contributed by atoms with Gasteiger partial charge >= 0.3 is 0 Å². The van der Waals surface area contributed by atoms with Gasteiger partial charge < -0.3 is 5.11 Å². The highest BCUT2D eigenvalue weighted by atomic mass is 19.2. The minimum Gasteiger partial charge on any atom is -0.388 e. The summed E-state index contributed by atoms with van der Waals surface area (Å²) >= 11 is 0. The SMILES string of the molecule is Cc1cc(C)cc(CC(O)c2cc(F)c(F)c(F)c2)c1. The third-order valence-corrected chi connectivity index (χ3v) is 3.10. The number of rotatable bonds is 3. The van der Waals surface area contributed by atoms with Gasteiger partial charge in [-0.15, -0.1) is 0 Å². The average molecular weight is 280 g/mol. The number of aliphatic hydroxyl groups excluding tert-OH is 1. The van der Waals surface area contributed by atoms with Crippen LogP contribution in [0.5, 0.6) is 0 Å². The van der Waals surface area contributed by atoms with Crippen molar-refractivity contribution >= 4 is 0 Å².